The van der Waals surface area contributed by atoms with Gasteiger partial charge in [-0.2, -0.15) is 13.2 Å². The van der Waals surface area contributed by atoms with E-state index >= 15 is 0 Å². The van der Waals surface area contributed by atoms with Crippen molar-refractivity contribution in [3.63, 3.8) is 0 Å². The van der Waals surface area contributed by atoms with Crippen molar-refractivity contribution in [3.05, 3.63) is 22.3 Å². The molecule has 1 aliphatic rings. The normalized spacial score (nSPS) is 16.3. The van der Waals surface area contributed by atoms with E-state index in [0.29, 0.717) is 24.1 Å². The fourth-order valence-corrected chi connectivity index (χ4v) is 2.40. The zero-order valence-corrected chi connectivity index (χ0v) is 12.1. The molecule has 1 N–H and O–H groups in total. The smallest absolute Gasteiger partial charge is 0.351 e. The van der Waals surface area contributed by atoms with Crippen LogP contribution in [0.2, 0.25) is 0 Å². The van der Waals surface area contributed by atoms with Crippen LogP contribution in [0.25, 0.3) is 0 Å². The van der Waals surface area contributed by atoms with E-state index in [1.807, 2.05) is 6.92 Å². The first-order valence-corrected chi connectivity index (χ1v) is 6.93. The summed E-state index contributed by atoms with van der Waals surface area (Å²) in [6.07, 6.45) is -2.19. The van der Waals surface area contributed by atoms with Gasteiger partial charge in [0, 0.05) is 30.3 Å². The predicted molar refractivity (Wildman–Crippen MR) is 71.2 cm³/mol. The van der Waals surface area contributed by atoms with Gasteiger partial charge in [0.1, 0.15) is 5.82 Å². The molecule has 0 bridgehead atoms. The highest BCUT2D eigenvalue weighted by Gasteiger charge is 2.38. The van der Waals surface area contributed by atoms with Gasteiger partial charge in [-0.3, -0.25) is 0 Å². The molecule has 1 saturated heterocycles. The average molecular weight is 338 g/mol. The Bertz CT molecular complexity index is 446. The average Bonchev–Trinajstić information content (AvgIpc) is 2.25. The summed E-state index contributed by atoms with van der Waals surface area (Å²) in [4.78, 5) is 5.75. The highest BCUT2D eigenvalue weighted by atomic mass is 79.9. The van der Waals surface area contributed by atoms with Gasteiger partial charge in [0.05, 0.1) is 11.6 Å². The van der Waals surface area contributed by atoms with Crippen LogP contribution in [0.4, 0.5) is 19.0 Å². The summed E-state index contributed by atoms with van der Waals surface area (Å²) >= 11 is 3.05. The maximum Gasteiger partial charge on any atom is 0.419 e. The fourth-order valence-electron chi connectivity index (χ4n) is 2.07. The molecule has 0 unspecified atom stereocenters. The third-order valence-corrected chi connectivity index (χ3v) is 3.51. The van der Waals surface area contributed by atoms with E-state index in [0.717, 1.165) is 12.5 Å². The number of hydrogen-bond acceptors (Lipinski definition) is 3. The van der Waals surface area contributed by atoms with Crippen LogP contribution in [0.5, 0.6) is 0 Å². The molecule has 1 aliphatic heterocycles. The van der Waals surface area contributed by atoms with Crippen LogP contribution in [0, 0.1) is 0 Å². The van der Waals surface area contributed by atoms with Crippen molar-refractivity contribution < 1.29 is 13.2 Å². The van der Waals surface area contributed by atoms with Gasteiger partial charge >= 0.3 is 6.18 Å². The van der Waals surface area contributed by atoms with Crippen LogP contribution in [0.3, 0.4) is 0 Å². The van der Waals surface area contributed by atoms with E-state index in [2.05, 4.69) is 26.2 Å². The molecular weight excluding hydrogens is 323 g/mol. The van der Waals surface area contributed by atoms with Gasteiger partial charge in [0.15, 0.2) is 0 Å². The number of rotatable bonds is 4. The Morgan fingerprint density at radius 2 is 2.16 bits per heavy atom. The van der Waals surface area contributed by atoms with Gasteiger partial charge in [-0.25, -0.2) is 4.98 Å². The van der Waals surface area contributed by atoms with Crippen molar-refractivity contribution in [3.8, 4) is 0 Å². The van der Waals surface area contributed by atoms with E-state index in [4.69, 9.17) is 0 Å². The Morgan fingerprint density at radius 1 is 1.47 bits per heavy atom. The van der Waals surface area contributed by atoms with Gasteiger partial charge in [-0.15, -0.1) is 0 Å². The monoisotopic (exact) mass is 337 g/mol. The lowest BCUT2D eigenvalue weighted by atomic mass is 10.1. The molecule has 1 aromatic rings. The minimum absolute atomic E-state index is 0.0315. The first-order valence-electron chi connectivity index (χ1n) is 6.13. The first-order chi connectivity index (χ1) is 8.93. The largest absolute Gasteiger partial charge is 0.419 e. The molecule has 0 aromatic carbocycles. The third-order valence-electron chi connectivity index (χ3n) is 3.08. The molecular formula is C12H15BrF3N3. The Kier molecular flexibility index (Phi) is 4.35. The Morgan fingerprint density at radius 3 is 2.63 bits per heavy atom. The SMILES string of the molecule is CCCN(c1ncc(Br)cc1C(F)(F)F)C1CNC1. The van der Waals surface area contributed by atoms with Crippen molar-refractivity contribution in [2.75, 3.05) is 24.5 Å². The summed E-state index contributed by atoms with van der Waals surface area (Å²) in [6.45, 7) is 3.93. The summed E-state index contributed by atoms with van der Waals surface area (Å²) in [5.74, 6) is 0.0315. The molecule has 106 valence electrons. The van der Waals surface area contributed by atoms with Crippen molar-refractivity contribution >= 4 is 21.7 Å². The number of nitrogens with zero attached hydrogens (tertiary/aromatic N) is 2. The lowest BCUT2D eigenvalue weighted by Gasteiger charge is -2.40. The number of nitrogens with one attached hydrogen (secondary N) is 1. The Labute approximate surface area is 118 Å². The van der Waals surface area contributed by atoms with Crippen LogP contribution >= 0.6 is 15.9 Å². The minimum Gasteiger partial charge on any atom is -0.351 e. The molecule has 0 amide bonds. The minimum atomic E-state index is -4.39. The molecule has 0 spiro atoms. The molecule has 19 heavy (non-hydrogen) atoms. The predicted octanol–water partition coefficient (Wildman–Crippen LogP) is 3.05. The number of hydrogen-bond donors (Lipinski definition) is 1. The molecule has 2 rings (SSSR count). The van der Waals surface area contributed by atoms with E-state index in [1.54, 1.807) is 4.90 Å². The Balaban J connectivity index is 2.40. The summed E-state index contributed by atoms with van der Waals surface area (Å²) in [5.41, 5.74) is -0.678. The summed E-state index contributed by atoms with van der Waals surface area (Å²) < 4.78 is 39.7. The van der Waals surface area contributed by atoms with Crippen molar-refractivity contribution in [2.24, 2.45) is 0 Å². The molecule has 0 aliphatic carbocycles. The molecule has 7 heteroatoms. The van der Waals surface area contributed by atoms with Gasteiger partial charge in [-0.1, -0.05) is 6.92 Å². The van der Waals surface area contributed by atoms with Crippen molar-refractivity contribution in [2.45, 2.75) is 25.6 Å². The maximum absolute atomic E-state index is 13.1. The molecule has 3 nitrogen and oxygen atoms in total. The lowest BCUT2D eigenvalue weighted by molar-refractivity contribution is -0.137. The number of halogens is 4. The van der Waals surface area contributed by atoms with Crippen LogP contribution in [0.1, 0.15) is 18.9 Å². The first kappa shape index (κ1) is 14.6. The molecule has 0 radical (unpaired) electrons. The van der Waals surface area contributed by atoms with E-state index < -0.39 is 11.7 Å². The summed E-state index contributed by atoms with van der Waals surface area (Å²) in [7, 11) is 0. The zero-order valence-electron chi connectivity index (χ0n) is 10.5. The van der Waals surface area contributed by atoms with E-state index in [1.165, 1.54) is 6.20 Å². The molecule has 1 fully saturated rings. The standard InChI is InChI=1S/C12H15BrF3N3/c1-2-3-19(9-6-17-7-9)11-10(12(14,15)16)4-8(13)5-18-11/h4-5,9,17H,2-3,6-7H2,1H3. The second-order valence-corrected chi connectivity index (χ2v) is 5.44. The van der Waals surface area contributed by atoms with Gasteiger partial charge in [-0.05, 0) is 28.4 Å². The highest BCUT2D eigenvalue weighted by Crippen LogP contribution is 2.37. The van der Waals surface area contributed by atoms with Crippen LogP contribution < -0.4 is 10.2 Å². The molecule has 2 heterocycles. The molecule has 0 atom stereocenters. The number of anilines is 1. The van der Waals surface area contributed by atoms with Crippen molar-refractivity contribution in [1.82, 2.24) is 10.3 Å². The van der Waals surface area contributed by atoms with Crippen LogP contribution in [0.15, 0.2) is 16.7 Å². The second kappa shape index (κ2) is 5.66. The summed E-state index contributed by atoms with van der Waals surface area (Å²) in [6, 6.07) is 1.19. The van der Waals surface area contributed by atoms with E-state index in [9.17, 15) is 13.2 Å². The van der Waals surface area contributed by atoms with Crippen molar-refractivity contribution in [1.29, 1.82) is 0 Å². The van der Waals surface area contributed by atoms with E-state index in [-0.39, 0.29) is 11.9 Å². The Hall–Kier alpha value is -0.820. The quantitative estimate of drug-likeness (QED) is 0.915. The number of pyridine rings is 1. The lowest BCUT2D eigenvalue weighted by Crippen LogP contribution is -2.58. The van der Waals surface area contributed by atoms with Crippen LogP contribution in [-0.4, -0.2) is 30.7 Å². The maximum atomic E-state index is 13.1. The fraction of sp³-hybridized carbons (Fsp3) is 0.583. The summed E-state index contributed by atoms with van der Waals surface area (Å²) in [5, 5.41) is 3.08. The van der Waals surface area contributed by atoms with Gasteiger partial charge < -0.3 is 10.2 Å². The second-order valence-electron chi connectivity index (χ2n) is 4.53. The highest BCUT2D eigenvalue weighted by molar-refractivity contribution is 9.10. The zero-order chi connectivity index (χ0) is 14.0. The van der Waals surface area contributed by atoms with Crippen LogP contribution in [-0.2, 0) is 6.18 Å². The third kappa shape index (κ3) is 3.20. The number of alkyl halides is 3. The van der Waals surface area contributed by atoms with Gasteiger partial charge in [0.2, 0.25) is 0 Å². The topological polar surface area (TPSA) is 28.2 Å². The number of aromatic nitrogens is 1. The molecule has 0 saturated carbocycles. The van der Waals surface area contributed by atoms with Gasteiger partial charge in [0.25, 0.3) is 0 Å². The molecule has 1 aromatic heterocycles.